The smallest absolute Gasteiger partial charge is 0.258 e. The molecule has 2 N–H and O–H groups in total. The number of hydrogen-bond acceptors (Lipinski definition) is 4. The number of hydrogen-bond donors (Lipinski definition) is 2. The molecule has 7 heteroatoms. The monoisotopic (exact) mass is 341 g/mol. The van der Waals surface area contributed by atoms with E-state index in [-0.39, 0.29) is 34.0 Å². The van der Waals surface area contributed by atoms with Gasteiger partial charge in [-0.05, 0) is 17.7 Å². The van der Waals surface area contributed by atoms with Crippen molar-refractivity contribution >= 4 is 34.3 Å². The predicted molar refractivity (Wildman–Crippen MR) is 90.9 cm³/mol. The number of H-pyrrole nitrogens is 1. The Morgan fingerprint density at radius 2 is 2.17 bits per heavy atom. The molecular weight excluding hydrogens is 329 g/mol. The molecule has 0 saturated heterocycles. The van der Waals surface area contributed by atoms with Crippen molar-refractivity contribution in [2.75, 3.05) is 11.1 Å². The molecule has 1 aliphatic heterocycles. The molecule has 1 aliphatic rings. The Hall–Kier alpha value is -2.67. The van der Waals surface area contributed by atoms with Crippen LogP contribution >= 0.6 is 11.8 Å². The standard InChI is InChI=1S/C17H12FN3O2S/c18-12-6-13-10(16(22)20-8-19-13)5-14(12)21-17(23)11-7-24-15-4-2-1-3-9(11)15/h1-6,8,11H,7H2,(H,21,23)(H,19,20,22)/t11-/m0/s1. The molecule has 1 aromatic heterocycles. The second-order valence-electron chi connectivity index (χ2n) is 5.47. The molecule has 24 heavy (non-hydrogen) atoms. The van der Waals surface area contributed by atoms with E-state index in [4.69, 9.17) is 0 Å². The third kappa shape index (κ3) is 2.46. The van der Waals surface area contributed by atoms with Crippen LogP contribution in [0.2, 0.25) is 0 Å². The van der Waals surface area contributed by atoms with Gasteiger partial charge in [0.25, 0.3) is 5.56 Å². The van der Waals surface area contributed by atoms with Gasteiger partial charge in [-0.2, -0.15) is 0 Å². The number of halogens is 1. The number of aromatic nitrogens is 2. The minimum atomic E-state index is -0.618. The number of benzene rings is 2. The van der Waals surface area contributed by atoms with Crippen molar-refractivity contribution in [3.63, 3.8) is 0 Å². The van der Waals surface area contributed by atoms with Crippen LogP contribution in [-0.2, 0) is 4.79 Å². The van der Waals surface area contributed by atoms with Crippen molar-refractivity contribution in [1.29, 1.82) is 0 Å². The second kappa shape index (κ2) is 5.76. The van der Waals surface area contributed by atoms with Crippen molar-refractivity contribution in [3.05, 3.63) is 64.5 Å². The van der Waals surface area contributed by atoms with Gasteiger partial charge in [0, 0.05) is 16.7 Å². The predicted octanol–water partition coefficient (Wildman–Crippen LogP) is 2.89. The van der Waals surface area contributed by atoms with Gasteiger partial charge in [0.15, 0.2) is 0 Å². The fraction of sp³-hybridized carbons (Fsp3) is 0.118. The third-order valence-corrected chi connectivity index (χ3v) is 5.19. The summed E-state index contributed by atoms with van der Waals surface area (Å²) in [6.07, 6.45) is 1.22. The van der Waals surface area contributed by atoms with Gasteiger partial charge < -0.3 is 10.3 Å². The van der Waals surface area contributed by atoms with Crippen molar-refractivity contribution in [2.45, 2.75) is 10.8 Å². The fourth-order valence-corrected chi connectivity index (χ4v) is 4.01. The molecule has 3 aromatic rings. The van der Waals surface area contributed by atoms with Crippen molar-refractivity contribution in [1.82, 2.24) is 9.97 Å². The first-order valence-electron chi connectivity index (χ1n) is 7.33. The molecule has 2 heterocycles. The maximum atomic E-state index is 14.2. The minimum absolute atomic E-state index is 0.0135. The van der Waals surface area contributed by atoms with Crippen LogP contribution in [0.1, 0.15) is 11.5 Å². The lowest BCUT2D eigenvalue weighted by Crippen LogP contribution is -2.22. The van der Waals surface area contributed by atoms with Crippen LogP contribution in [0.15, 0.2) is 52.4 Å². The number of rotatable bonds is 2. The highest BCUT2D eigenvalue weighted by atomic mass is 32.2. The van der Waals surface area contributed by atoms with Gasteiger partial charge in [-0.1, -0.05) is 18.2 Å². The molecule has 2 aromatic carbocycles. The first-order valence-corrected chi connectivity index (χ1v) is 8.31. The Morgan fingerprint density at radius 3 is 3.04 bits per heavy atom. The number of thioether (sulfide) groups is 1. The molecular formula is C17H12FN3O2S. The van der Waals surface area contributed by atoms with E-state index in [1.54, 1.807) is 11.8 Å². The minimum Gasteiger partial charge on any atom is -0.323 e. The quantitative estimate of drug-likeness (QED) is 0.752. The van der Waals surface area contributed by atoms with Gasteiger partial charge in [-0.15, -0.1) is 11.8 Å². The lowest BCUT2D eigenvalue weighted by molar-refractivity contribution is -0.117. The zero-order valence-corrected chi connectivity index (χ0v) is 13.2. The molecule has 4 rings (SSSR count). The molecule has 0 fully saturated rings. The summed E-state index contributed by atoms with van der Waals surface area (Å²) >= 11 is 1.60. The molecule has 0 radical (unpaired) electrons. The van der Waals surface area contributed by atoms with Gasteiger partial charge in [0.05, 0.1) is 28.8 Å². The zero-order valence-electron chi connectivity index (χ0n) is 12.4. The molecule has 1 atom stereocenters. The number of nitrogens with zero attached hydrogens (tertiary/aromatic N) is 1. The molecule has 0 unspecified atom stereocenters. The van der Waals surface area contributed by atoms with E-state index in [2.05, 4.69) is 15.3 Å². The Balaban J connectivity index is 1.67. The van der Waals surface area contributed by atoms with Crippen LogP contribution in [-0.4, -0.2) is 21.6 Å². The van der Waals surface area contributed by atoms with Gasteiger partial charge in [0.2, 0.25) is 5.91 Å². The Labute approximate surface area is 140 Å². The topological polar surface area (TPSA) is 74.8 Å². The first kappa shape index (κ1) is 14.9. The molecule has 120 valence electrons. The average Bonchev–Trinajstić information content (AvgIpc) is 3.00. The van der Waals surface area contributed by atoms with Crippen LogP contribution in [0.25, 0.3) is 10.9 Å². The summed E-state index contributed by atoms with van der Waals surface area (Å²) in [6.45, 7) is 0. The highest BCUT2D eigenvalue weighted by Gasteiger charge is 2.29. The van der Waals surface area contributed by atoms with Crippen LogP contribution in [0.3, 0.4) is 0 Å². The number of anilines is 1. The van der Waals surface area contributed by atoms with Crippen LogP contribution in [0.4, 0.5) is 10.1 Å². The van der Waals surface area contributed by atoms with Gasteiger partial charge in [-0.25, -0.2) is 9.37 Å². The summed E-state index contributed by atoms with van der Waals surface area (Å²) in [5, 5.41) is 2.84. The number of fused-ring (bicyclic) bond motifs is 2. The zero-order chi connectivity index (χ0) is 16.7. The number of nitrogens with one attached hydrogen (secondary N) is 2. The van der Waals surface area contributed by atoms with E-state index in [1.807, 2.05) is 24.3 Å². The third-order valence-electron chi connectivity index (χ3n) is 4.00. The summed E-state index contributed by atoms with van der Waals surface area (Å²) in [4.78, 5) is 31.8. The average molecular weight is 341 g/mol. The Bertz CT molecular complexity index is 1020. The van der Waals surface area contributed by atoms with E-state index in [0.29, 0.717) is 5.75 Å². The molecule has 1 amide bonds. The van der Waals surface area contributed by atoms with E-state index in [1.165, 1.54) is 12.4 Å². The van der Waals surface area contributed by atoms with Gasteiger partial charge in [0.1, 0.15) is 5.82 Å². The fourth-order valence-electron chi connectivity index (χ4n) is 2.78. The van der Waals surface area contributed by atoms with Gasteiger partial charge in [-0.3, -0.25) is 9.59 Å². The van der Waals surface area contributed by atoms with Crippen molar-refractivity contribution < 1.29 is 9.18 Å². The Kier molecular flexibility index (Phi) is 3.57. The summed E-state index contributed by atoms with van der Waals surface area (Å²) < 4.78 is 14.2. The SMILES string of the molecule is O=C(Nc1cc2c(=O)[nH]cnc2cc1F)[C@H]1CSc2ccccc21. The summed E-state index contributed by atoms with van der Waals surface area (Å²) in [7, 11) is 0. The van der Waals surface area contributed by atoms with E-state index >= 15 is 0 Å². The highest BCUT2D eigenvalue weighted by Crippen LogP contribution is 2.39. The normalized spacial score (nSPS) is 16.1. The van der Waals surface area contributed by atoms with Crippen LogP contribution < -0.4 is 10.9 Å². The number of aromatic amines is 1. The molecule has 0 saturated carbocycles. The van der Waals surface area contributed by atoms with Crippen molar-refractivity contribution in [3.8, 4) is 0 Å². The molecule has 0 spiro atoms. The van der Waals surface area contributed by atoms with E-state index in [9.17, 15) is 14.0 Å². The van der Waals surface area contributed by atoms with Crippen molar-refractivity contribution in [2.24, 2.45) is 0 Å². The van der Waals surface area contributed by atoms with Crippen LogP contribution in [0.5, 0.6) is 0 Å². The summed E-state index contributed by atoms with van der Waals surface area (Å²) in [5.74, 6) is -0.630. The number of carbonyl (C=O) groups is 1. The summed E-state index contributed by atoms with van der Waals surface area (Å²) in [5.41, 5.74) is 0.800. The van der Waals surface area contributed by atoms with Gasteiger partial charge >= 0.3 is 0 Å². The first-order chi connectivity index (χ1) is 11.6. The molecule has 5 nitrogen and oxygen atoms in total. The molecule has 0 bridgehead atoms. The van der Waals surface area contributed by atoms with E-state index < -0.39 is 5.82 Å². The number of carbonyl (C=O) groups excluding carboxylic acids is 1. The molecule has 0 aliphatic carbocycles. The Morgan fingerprint density at radius 1 is 1.33 bits per heavy atom. The number of amides is 1. The second-order valence-corrected chi connectivity index (χ2v) is 6.53. The lowest BCUT2D eigenvalue weighted by Gasteiger charge is -2.12. The maximum Gasteiger partial charge on any atom is 0.258 e. The van der Waals surface area contributed by atoms with E-state index in [0.717, 1.165) is 16.5 Å². The summed E-state index contributed by atoms with van der Waals surface area (Å²) in [6, 6.07) is 10.2. The maximum absolute atomic E-state index is 14.2. The largest absolute Gasteiger partial charge is 0.323 e. The van der Waals surface area contributed by atoms with Crippen LogP contribution in [0, 0.1) is 5.82 Å². The lowest BCUT2D eigenvalue weighted by atomic mass is 10.0. The highest BCUT2D eigenvalue weighted by molar-refractivity contribution is 7.99.